The monoisotopic (exact) mass is 389 g/mol. The Morgan fingerprint density at radius 1 is 1.00 bits per heavy atom. The van der Waals surface area contributed by atoms with E-state index in [0.717, 1.165) is 28.7 Å². The minimum Gasteiger partial charge on any atom is -0.369 e. The summed E-state index contributed by atoms with van der Waals surface area (Å²) in [6, 6.07) is 15.1. The number of benzene rings is 2. The number of primary amides is 1. The summed E-state index contributed by atoms with van der Waals surface area (Å²) >= 11 is 7.57. The molecular weight excluding hydrogens is 370 g/mol. The molecule has 1 heterocycles. The first kappa shape index (κ1) is 18.6. The summed E-state index contributed by atoms with van der Waals surface area (Å²) in [5, 5.41) is 0.723. The molecule has 0 unspecified atom stereocenters. The molecule has 2 aromatic carbocycles. The van der Waals surface area contributed by atoms with Gasteiger partial charge in [-0.2, -0.15) is 0 Å². The lowest BCUT2D eigenvalue weighted by molar-refractivity contribution is -0.115. The number of rotatable bonds is 5. The third kappa shape index (κ3) is 4.31. The van der Waals surface area contributed by atoms with Gasteiger partial charge < -0.3 is 15.5 Å². The molecule has 0 saturated carbocycles. The number of amides is 2. The Balaban J connectivity index is 1.67. The normalized spacial score (nSPS) is 14.3. The maximum atomic E-state index is 12.9. The molecule has 1 aliphatic rings. The molecule has 0 bridgehead atoms. The van der Waals surface area contributed by atoms with E-state index in [2.05, 4.69) is 4.90 Å². The van der Waals surface area contributed by atoms with Crippen LogP contribution in [0.3, 0.4) is 0 Å². The quantitative estimate of drug-likeness (QED) is 0.798. The van der Waals surface area contributed by atoms with Crippen molar-refractivity contribution in [3.63, 3.8) is 0 Å². The molecule has 136 valence electrons. The van der Waals surface area contributed by atoms with E-state index in [1.807, 2.05) is 47.4 Å². The number of piperazine rings is 1. The molecule has 0 radical (unpaired) electrons. The summed E-state index contributed by atoms with van der Waals surface area (Å²) in [5.74, 6) is -0.258. The molecule has 1 saturated heterocycles. The van der Waals surface area contributed by atoms with Crippen molar-refractivity contribution in [3.8, 4) is 0 Å². The zero-order chi connectivity index (χ0) is 18.5. The average molecular weight is 390 g/mol. The number of nitrogens with zero attached hydrogens (tertiary/aromatic N) is 2. The molecule has 0 atom stereocenters. The highest BCUT2D eigenvalue weighted by atomic mass is 35.5. The lowest BCUT2D eigenvalue weighted by Crippen LogP contribution is -2.49. The van der Waals surface area contributed by atoms with Crippen LogP contribution in [0.1, 0.15) is 10.4 Å². The SMILES string of the molecule is NC(=O)CSc1ccccc1C(=O)N1CCN(c2ccccc2Cl)CC1. The van der Waals surface area contributed by atoms with Crippen LogP contribution in [-0.4, -0.2) is 48.6 Å². The number of carbonyl (C=O) groups is 2. The maximum Gasteiger partial charge on any atom is 0.255 e. The van der Waals surface area contributed by atoms with Gasteiger partial charge in [-0.25, -0.2) is 0 Å². The van der Waals surface area contributed by atoms with Crippen molar-refractivity contribution in [3.05, 3.63) is 59.1 Å². The molecule has 1 aliphatic heterocycles. The molecule has 2 amide bonds. The van der Waals surface area contributed by atoms with Gasteiger partial charge >= 0.3 is 0 Å². The summed E-state index contributed by atoms with van der Waals surface area (Å²) in [6.45, 7) is 2.70. The van der Waals surface area contributed by atoms with Crippen LogP contribution in [0.15, 0.2) is 53.4 Å². The van der Waals surface area contributed by atoms with Gasteiger partial charge in [-0.3, -0.25) is 9.59 Å². The van der Waals surface area contributed by atoms with Crippen LogP contribution < -0.4 is 10.6 Å². The number of hydrogen-bond donors (Lipinski definition) is 1. The van der Waals surface area contributed by atoms with Crippen molar-refractivity contribution in [2.75, 3.05) is 36.8 Å². The topological polar surface area (TPSA) is 66.6 Å². The summed E-state index contributed by atoms with van der Waals surface area (Å²) in [4.78, 5) is 28.8. The minimum atomic E-state index is -0.398. The predicted octanol–water partition coefficient (Wildman–Crippen LogP) is 2.88. The lowest BCUT2D eigenvalue weighted by atomic mass is 10.1. The highest BCUT2D eigenvalue weighted by molar-refractivity contribution is 8.00. The van der Waals surface area contributed by atoms with Gasteiger partial charge in [0.15, 0.2) is 0 Å². The van der Waals surface area contributed by atoms with Crippen molar-refractivity contribution < 1.29 is 9.59 Å². The van der Waals surface area contributed by atoms with Crippen molar-refractivity contribution in [2.45, 2.75) is 4.90 Å². The Bertz CT molecular complexity index is 807. The minimum absolute atomic E-state index is 0.0172. The Labute approximate surface area is 162 Å². The van der Waals surface area contributed by atoms with Gasteiger partial charge in [-0.05, 0) is 24.3 Å². The van der Waals surface area contributed by atoms with Crippen LogP contribution in [0.25, 0.3) is 0 Å². The van der Waals surface area contributed by atoms with Crippen molar-refractivity contribution in [2.24, 2.45) is 5.73 Å². The molecule has 1 fully saturated rings. The average Bonchev–Trinajstić information content (AvgIpc) is 2.66. The zero-order valence-corrected chi connectivity index (χ0v) is 15.8. The molecular formula is C19H20ClN3O2S. The van der Waals surface area contributed by atoms with Gasteiger partial charge in [0.25, 0.3) is 5.91 Å². The van der Waals surface area contributed by atoms with Gasteiger partial charge in [0, 0.05) is 31.1 Å². The fraction of sp³-hybridized carbons (Fsp3) is 0.263. The van der Waals surface area contributed by atoms with Gasteiger partial charge in [0.1, 0.15) is 0 Å². The van der Waals surface area contributed by atoms with E-state index >= 15 is 0 Å². The number of halogens is 1. The van der Waals surface area contributed by atoms with Gasteiger partial charge in [0.2, 0.25) is 5.91 Å². The largest absolute Gasteiger partial charge is 0.369 e. The van der Waals surface area contributed by atoms with Crippen LogP contribution in [0.2, 0.25) is 5.02 Å². The van der Waals surface area contributed by atoms with Crippen LogP contribution in [0.4, 0.5) is 5.69 Å². The molecule has 0 aromatic heterocycles. The molecule has 5 nitrogen and oxygen atoms in total. The summed E-state index contributed by atoms with van der Waals surface area (Å²) < 4.78 is 0. The van der Waals surface area contributed by atoms with E-state index in [1.54, 1.807) is 6.07 Å². The van der Waals surface area contributed by atoms with Crippen molar-refractivity contribution >= 4 is 40.9 Å². The smallest absolute Gasteiger partial charge is 0.255 e. The van der Waals surface area contributed by atoms with Gasteiger partial charge in [-0.1, -0.05) is 35.9 Å². The number of carbonyl (C=O) groups excluding carboxylic acids is 2. The molecule has 26 heavy (non-hydrogen) atoms. The number of thioether (sulfide) groups is 1. The van der Waals surface area contributed by atoms with Crippen LogP contribution in [0.5, 0.6) is 0 Å². The second-order valence-electron chi connectivity index (χ2n) is 5.98. The summed E-state index contributed by atoms with van der Waals surface area (Å²) in [7, 11) is 0. The summed E-state index contributed by atoms with van der Waals surface area (Å²) in [5.41, 5.74) is 6.84. The first-order valence-corrected chi connectivity index (χ1v) is 9.71. The number of nitrogens with two attached hydrogens (primary N) is 1. The van der Waals surface area contributed by atoms with E-state index in [1.165, 1.54) is 11.8 Å². The first-order chi connectivity index (χ1) is 12.6. The van der Waals surface area contributed by atoms with Gasteiger partial charge in [0.05, 0.1) is 22.0 Å². The lowest BCUT2D eigenvalue weighted by Gasteiger charge is -2.36. The molecule has 7 heteroatoms. The zero-order valence-electron chi connectivity index (χ0n) is 14.2. The molecule has 3 rings (SSSR count). The molecule has 0 aliphatic carbocycles. The molecule has 0 spiro atoms. The number of anilines is 1. The van der Waals surface area contributed by atoms with E-state index in [4.69, 9.17) is 17.3 Å². The molecule has 2 N–H and O–H groups in total. The van der Waals surface area contributed by atoms with E-state index in [-0.39, 0.29) is 11.7 Å². The van der Waals surface area contributed by atoms with Crippen LogP contribution >= 0.6 is 23.4 Å². The van der Waals surface area contributed by atoms with Crippen LogP contribution in [0, 0.1) is 0 Å². The standard InChI is InChI=1S/C19H20ClN3O2S/c20-15-6-2-3-7-16(15)22-9-11-23(12-10-22)19(25)14-5-1-4-8-17(14)26-13-18(21)24/h1-8H,9-13H2,(H2,21,24). The van der Waals surface area contributed by atoms with Crippen molar-refractivity contribution in [1.29, 1.82) is 0 Å². The van der Waals surface area contributed by atoms with Crippen LogP contribution in [-0.2, 0) is 4.79 Å². The highest BCUT2D eigenvalue weighted by Crippen LogP contribution is 2.27. The predicted molar refractivity (Wildman–Crippen MR) is 106 cm³/mol. The molecule has 2 aromatic rings. The Morgan fingerprint density at radius 3 is 2.35 bits per heavy atom. The highest BCUT2D eigenvalue weighted by Gasteiger charge is 2.24. The van der Waals surface area contributed by atoms with Gasteiger partial charge in [-0.15, -0.1) is 11.8 Å². The second kappa shape index (κ2) is 8.47. The Hall–Kier alpha value is -2.18. The fourth-order valence-corrected chi connectivity index (χ4v) is 3.99. The Kier molecular flexibility index (Phi) is 6.06. The summed E-state index contributed by atoms with van der Waals surface area (Å²) in [6.07, 6.45) is 0. The third-order valence-corrected chi connectivity index (χ3v) is 5.66. The fourth-order valence-electron chi connectivity index (χ4n) is 2.95. The maximum absolute atomic E-state index is 12.9. The Morgan fingerprint density at radius 2 is 1.65 bits per heavy atom. The van der Waals surface area contributed by atoms with E-state index < -0.39 is 5.91 Å². The van der Waals surface area contributed by atoms with Crippen molar-refractivity contribution in [1.82, 2.24) is 4.90 Å². The first-order valence-electron chi connectivity index (χ1n) is 8.35. The van der Waals surface area contributed by atoms with E-state index in [9.17, 15) is 9.59 Å². The number of para-hydroxylation sites is 1. The number of hydrogen-bond acceptors (Lipinski definition) is 4. The third-order valence-electron chi connectivity index (χ3n) is 4.25. The second-order valence-corrected chi connectivity index (χ2v) is 7.41. The van der Waals surface area contributed by atoms with E-state index in [0.29, 0.717) is 18.7 Å².